The number of anilines is 1. The first-order valence-corrected chi connectivity index (χ1v) is 11.8. The quantitative estimate of drug-likeness (QED) is 0.387. The number of carbonyl (C=O) groups excluding carboxylic acids is 1. The SMILES string of the molecule is O=C(CN1c2cccc3cccc(c23)S1(=O)=O)OCc1ccc(OCc2ccccn2)cc1. The molecule has 0 fully saturated rings. The number of hydrogen-bond donors (Lipinski definition) is 0. The molecule has 0 radical (unpaired) electrons. The lowest BCUT2D eigenvalue weighted by Gasteiger charge is -2.17. The minimum atomic E-state index is -3.80. The van der Waals surface area contributed by atoms with E-state index < -0.39 is 16.0 Å². The Morgan fingerprint density at radius 1 is 0.879 bits per heavy atom. The molecule has 0 unspecified atom stereocenters. The van der Waals surface area contributed by atoms with Crippen molar-refractivity contribution in [1.29, 1.82) is 0 Å². The van der Waals surface area contributed by atoms with Crippen LogP contribution in [0.1, 0.15) is 11.3 Å². The van der Waals surface area contributed by atoms with Crippen LogP contribution < -0.4 is 9.04 Å². The molecule has 2 heterocycles. The van der Waals surface area contributed by atoms with E-state index in [9.17, 15) is 13.2 Å². The van der Waals surface area contributed by atoms with E-state index in [0.717, 1.165) is 20.9 Å². The topological polar surface area (TPSA) is 85.8 Å². The Morgan fingerprint density at radius 2 is 1.67 bits per heavy atom. The van der Waals surface area contributed by atoms with Crippen LogP contribution in [0.3, 0.4) is 0 Å². The third kappa shape index (κ3) is 4.12. The monoisotopic (exact) mass is 460 g/mol. The van der Waals surface area contributed by atoms with Crippen molar-refractivity contribution in [3.05, 3.63) is 96.3 Å². The number of benzene rings is 3. The fraction of sp³-hybridized carbons (Fsp3) is 0.120. The van der Waals surface area contributed by atoms with Crippen LogP contribution in [0.4, 0.5) is 5.69 Å². The molecule has 4 aromatic rings. The van der Waals surface area contributed by atoms with E-state index in [1.807, 2.05) is 30.3 Å². The normalized spacial score (nSPS) is 13.8. The molecule has 0 bridgehead atoms. The van der Waals surface area contributed by atoms with Crippen molar-refractivity contribution in [3.8, 4) is 5.75 Å². The third-order valence-corrected chi connectivity index (χ3v) is 7.19. The molecule has 0 atom stereocenters. The number of sulfonamides is 1. The van der Waals surface area contributed by atoms with Gasteiger partial charge in [0.1, 0.15) is 25.5 Å². The molecule has 166 valence electrons. The van der Waals surface area contributed by atoms with E-state index in [4.69, 9.17) is 9.47 Å². The standard InChI is InChI=1S/C25H20N2O5S/c28-24(15-27-22-8-3-5-19-6-4-9-23(25(19)22)33(27,29)30)32-16-18-10-12-21(13-11-18)31-17-20-7-1-2-14-26-20/h1-14H,15-17H2. The summed E-state index contributed by atoms with van der Waals surface area (Å²) in [4.78, 5) is 16.9. The maximum absolute atomic E-state index is 13.0. The molecule has 1 aliphatic rings. The molecule has 0 aliphatic carbocycles. The lowest BCUT2D eigenvalue weighted by atomic mass is 10.1. The van der Waals surface area contributed by atoms with Gasteiger partial charge in [0, 0.05) is 11.6 Å². The Labute approximate surface area is 191 Å². The van der Waals surface area contributed by atoms with E-state index in [2.05, 4.69) is 4.98 Å². The van der Waals surface area contributed by atoms with Crippen molar-refractivity contribution in [3.63, 3.8) is 0 Å². The average Bonchev–Trinajstić information content (AvgIpc) is 3.06. The Hall–Kier alpha value is -3.91. The second kappa shape index (κ2) is 8.55. The zero-order valence-electron chi connectivity index (χ0n) is 17.5. The van der Waals surface area contributed by atoms with Gasteiger partial charge in [-0.25, -0.2) is 8.42 Å². The predicted molar refractivity (Wildman–Crippen MR) is 123 cm³/mol. The largest absolute Gasteiger partial charge is 0.487 e. The van der Waals surface area contributed by atoms with E-state index >= 15 is 0 Å². The Balaban J connectivity index is 1.20. The van der Waals surface area contributed by atoms with E-state index in [0.29, 0.717) is 23.4 Å². The van der Waals surface area contributed by atoms with Crippen LogP contribution in [0, 0.1) is 0 Å². The molecule has 1 aromatic heterocycles. The molecule has 7 nitrogen and oxygen atoms in total. The van der Waals surface area contributed by atoms with Crippen molar-refractivity contribution < 1.29 is 22.7 Å². The van der Waals surface area contributed by atoms with Crippen LogP contribution in [-0.4, -0.2) is 25.9 Å². The number of hydrogen-bond acceptors (Lipinski definition) is 6. The van der Waals surface area contributed by atoms with E-state index in [1.165, 1.54) is 0 Å². The molecular formula is C25H20N2O5S. The summed E-state index contributed by atoms with van der Waals surface area (Å²) >= 11 is 0. The van der Waals surface area contributed by atoms with Gasteiger partial charge in [-0.3, -0.25) is 14.1 Å². The molecule has 5 rings (SSSR count). The highest BCUT2D eigenvalue weighted by Crippen LogP contribution is 2.41. The fourth-order valence-electron chi connectivity index (χ4n) is 3.78. The predicted octanol–water partition coefficient (Wildman–Crippen LogP) is 4.07. The Bertz CT molecular complexity index is 1420. The van der Waals surface area contributed by atoms with Crippen molar-refractivity contribution in [2.45, 2.75) is 18.1 Å². The smallest absolute Gasteiger partial charge is 0.327 e. The minimum absolute atomic E-state index is 0.0321. The maximum Gasteiger partial charge on any atom is 0.327 e. The molecule has 0 amide bonds. The first kappa shape index (κ1) is 21.0. The van der Waals surface area contributed by atoms with Crippen molar-refractivity contribution in [2.24, 2.45) is 0 Å². The highest BCUT2D eigenvalue weighted by molar-refractivity contribution is 7.93. The van der Waals surface area contributed by atoms with Gasteiger partial charge in [0.05, 0.1) is 16.3 Å². The summed E-state index contributed by atoms with van der Waals surface area (Å²) in [6.45, 7) is 0.000408. The first-order valence-electron chi connectivity index (χ1n) is 10.3. The van der Waals surface area contributed by atoms with E-state index in [-0.39, 0.29) is 18.0 Å². The van der Waals surface area contributed by atoms with Gasteiger partial charge in [0.2, 0.25) is 0 Å². The number of pyridine rings is 1. The number of carbonyl (C=O) groups is 1. The van der Waals surface area contributed by atoms with Crippen LogP contribution in [0.15, 0.2) is 90.0 Å². The molecule has 3 aromatic carbocycles. The summed E-state index contributed by atoms with van der Waals surface area (Å²) in [7, 11) is -3.80. The lowest BCUT2D eigenvalue weighted by Crippen LogP contribution is -2.33. The van der Waals surface area contributed by atoms with Crippen LogP contribution in [-0.2, 0) is 32.8 Å². The lowest BCUT2D eigenvalue weighted by molar-refractivity contribution is -0.143. The second-order valence-electron chi connectivity index (χ2n) is 7.56. The Morgan fingerprint density at radius 3 is 2.42 bits per heavy atom. The van der Waals surface area contributed by atoms with Gasteiger partial charge in [0.25, 0.3) is 10.0 Å². The zero-order chi connectivity index (χ0) is 22.8. The van der Waals surface area contributed by atoms with Crippen LogP contribution in [0.25, 0.3) is 10.8 Å². The molecule has 0 spiro atoms. The van der Waals surface area contributed by atoms with Crippen LogP contribution in [0.5, 0.6) is 5.75 Å². The van der Waals surface area contributed by atoms with Gasteiger partial charge < -0.3 is 9.47 Å². The van der Waals surface area contributed by atoms with Crippen molar-refractivity contribution in [2.75, 3.05) is 10.8 Å². The summed E-state index contributed by atoms with van der Waals surface area (Å²) in [5, 5.41) is 1.45. The average molecular weight is 461 g/mol. The van der Waals surface area contributed by atoms with E-state index in [1.54, 1.807) is 54.7 Å². The number of ether oxygens (including phenoxy) is 2. The first-order chi connectivity index (χ1) is 16.0. The summed E-state index contributed by atoms with van der Waals surface area (Å²) in [6, 6.07) is 23.2. The summed E-state index contributed by atoms with van der Waals surface area (Å²) in [5.41, 5.74) is 2.09. The Kier molecular flexibility index (Phi) is 5.43. The number of aromatic nitrogens is 1. The molecule has 0 N–H and O–H groups in total. The molecular weight excluding hydrogens is 440 g/mol. The van der Waals surface area contributed by atoms with Gasteiger partial charge in [-0.2, -0.15) is 0 Å². The highest BCUT2D eigenvalue weighted by Gasteiger charge is 2.36. The highest BCUT2D eigenvalue weighted by atomic mass is 32.2. The van der Waals surface area contributed by atoms with Crippen molar-refractivity contribution >= 4 is 32.5 Å². The summed E-state index contributed by atoms with van der Waals surface area (Å²) in [5.74, 6) is 0.0450. The molecule has 0 saturated heterocycles. The van der Waals surface area contributed by atoms with Crippen LogP contribution in [0.2, 0.25) is 0 Å². The van der Waals surface area contributed by atoms with Gasteiger partial charge in [0.15, 0.2) is 0 Å². The molecule has 0 saturated carbocycles. The van der Waals surface area contributed by atoms with Crippen molar-refractivity contribution in [1.82, 2.24) is 4.98 Å². The zero-order valence-corrected chi connectivity index (χ0v) is 18.4. The van der Waals surface area contributed by atoms with Gasteiger partial charge in [-0.1, -0.05) is 42.5 Å². The van der Waals surface area contributed by atoms with Gasteiger partial charge in [-0.05, 0) is 47.3 Å². The van der Waals surface area contributed by atoms with Crippen LogP contribution >= 0.6 is 0 Å². The molecule has 33 heavy (non-hydrogen) atoms. The third-order valence-electron chi connectivity index (χ3n) is 5.39. The summed E-state index contributed by atoms with van der Waals surface area (Å²) in [6.07, 6.45) is 1.71. The minimum Gasteiger partial charge on any atom is -0.487 e. The maximum atomic E-state index is 13.0. The molecule has 1 aliphatic heterocycles. The number of esters is 1. The second-order valence-corrected chi connectivity index (χ2v) is 9.39. The summed E-state index contributed by atoms with van der Waals surface area (Å²) < 4.78 is 38.1. The fourth-order valence-corrected chi connectivity index (χ4v) is 5.43. The molecule has 8 heteroatoms. The van der Waals surface area contributed by atoms with Gasteiger partial charge >= 0.3 is 5.97 Å². The number of nitrogens with zero attached hydrogens (tertiary/aromatic N) is 2. The number of rotatable bonds is 7. The van der Waals surface area contributed by atoms with Gasteiger partial charge in [-0.15, -0.1) is 0 Å².